The third-order valence-electron chi connectivity index (χ3n) is 5.28. The van der Waals surface area contributed by atoms with Gasteiger partial charge in [0.1, 0.15) is 5.01 Å². The zero-order valence-electron chi connectivity index (χ0n) is 18.3. The fourth-order valence-corrected chi connectivity index (χ4v) is 6.36. The number of amides is 2. The minimum absolute atomic E-state index is 0.0518. The SMILES string of the molecule is COCCS(=O)(=O)C(C(=O)NCC(=O)NC1CC1)c1nc2ccc(-c3ccnn3C)cc2s1. The molecule has 1 fully saturated rings. The Labute approximate surface area is 195 Å². The van der Waals surface area contributed by atoms with Crippen LogP contribution in [0.4, 0.5) is 0 Å². The number of thiazole rings is 1. The average molecular weight is 492 g/mol. The number of rotatable bonds is 10. The number of aromatic nitrogens is 3. The van der Waals surface area contributed by atoms with Crippen LogP contribution >= 0.6 is 11.3 Å². The van der Waals surface area contributed by atoms with E-state index in [2.05, 4.69) is 20.7 Å². The second-order valence-electron chi connectivity index (χ2n) is 7.87. The van der Waals surface area contributed by atoms with E-state index in [4.69, 9.17) is 4.74 Å². The summed E-state index contributed by atoms with van der Waals surface area (Å²) in [4.78, 5) is 29.4. The van der Waals surface area contributed by atoms with Crippen LogP contribution in [0, 0.1) is 0 Å². The predicted molar refractivity (Wildman–Crippen MR) is 124 cm³/mol. The molecule has 0 spiro atoms. The van der Waals surface area contributed by atoms with Crippen LogP contribution in [-0.2, 0) is 31.2 Å². The van der Waals surface area contributed by atoms with E-state index in [1.165, 1.54) is 7.11 Å². The Morgan fingerprint density at radius 3 is 2.76 bits per heavy atom. The fourth-order valence-electron chi connectivity index (χ4n) is 3.38. The van der Waals surface area contributed by atoms with Crippen molar-refractivity contribution in [1.82, 2.24) is 25.4 Å². The number of fused-ring (bicyclic) bond motifs is 1. The molecule has 0 bridgehead atoms. The maximum absolute atomic E-state index is 13.1. The number of carbonyl (C=O) groups is 2. The molecule has 176 valence electrons. The molecule has 33 heavy (non-hydrogen) atoms. The standard InChI is InChI=1S/C21H25N5O5S2/c1-26-16(7-8-23-26)13-3-6-15-17(11-13)32-21(25-15)19(33(29,30)10-9-31-2)20(28)22-12-18(27)24-14-4-5-14/h3,6-8,11,14,19H,4-5,9-10,12H2,1-2H3,(H,22,28)(H,24,27). The maximum Gasteiger partial charge on any atom is 0.245 e. The van der Waals surface area contributed by atoms with Crippen molar-refractivity contribution in [2.24, 2.45) is 7.05 Å². The van der Waals surface area contributed by atoms with E-state index < -0.39 is 21.0 Å². The number of nitrogens with one attached hydrogen (secondary N) is 2. The molecule has 2 N–H and O–H groups in total. The van der Waals surface area contributed by atoms with Gasteiger partial charge in [0.15, 0.2) is 15.1 Å². The Morgan fingerprint density at radius 2 is 2.09 bits per heavy atom. The van der Waals surface area contributed by atoms with E-state index in [-0.39, 0.29) is 35.9 Å². The highest BCUT2D eigenvalue weighted by Gasteiger charge is 2.37. The number of aryl methyl sites for hydroxylation is 1. The van der Waals surface area contributed by atoms with Crippen LogP contribution < -0.4 is 10.6 Å². The van der Waals surface area contributed by atoms with Crippen LogP contribution in [0.1, 0.15) is 23.1 Å². The molecule has 0 saturated heterocycles. The molecule has 1 saturated carbocycles. The van der Waals surface area contributed by atoms with Crippen molar-refractivity contribution in [2.75, 3.05) is 26.0 Å². The lowest BCUT2D eigenvalue weighted by atomic mass is 10.1. The third kappa shape index (κ3) is 5.40. The Balaban J connectivity index is 1.63. The van der Waals surface area contributed by atoms with Crippen LogP contribution in [0.25, 0.3) is 21.5 Å². The minimum Gasteiger partial charge on any atom is -0.384 e. The molecule has 0 radical (unpaired) electrons. The predicted octanol–water partition coefficient (Wildman–Crippen LogP) is 1.19. The quantitative estimate of drug-likeness (QED) is 0.435. The zero-order chi connectivity index (χ0) is 23.6. The van der Waals surface area contributed by atoms with Crippen LogP contribution in [0.3, 0.4) is 0 Å². The first-order valence-corrected chi connectivity index (χ1v) is 13.0. The lowest BCUT2D eigenvalue weighted by Gasteiger charge is -2.15. The summed E-state index contributed by atoms with van der Waals surface area (Å²) < 4.78 is 33.5. The molecule has 1 atom stereocenters. The first-order valence-electron chi connectivity index (χ1n) is 10.4. The highest BCUT2D eigenvalue weighted by molar-refractivity contribution is 7.92. The van der Waals surface area contributed by atoms with Gasteiger partial charge < -0.3 is 15.4 Å². The minimum atomic E-state index is -3.94. The molecule has 2 amide bonds. The molecular formula is C21H25N5O5S2. The van der Waals surface area contributed by atoms with Crippen molar-refractivity contribution in [3.8, 4) is 11.3 Å². The number of hydrogen-bond donors (Lipinski definition) is 2. The molecule has 2 heterocycles. The molecule has 2 aromatic heterocycles. The van der Waals surface area contributed by atoms with E-state index in [0.717, 1.165) is 40.1 Å². The van der Waals surface area contributed by atoms with Crippen molar-refractivity contribution in [3.05, 3.63) is 35.5 Å². The fraction of sp³-hybridized carbons (Fsp3) is 0.429. The van der Waals surface area contributed by atoms with E-state index in [0.29, 0.717) is 5.52 Å². The Kier molecular flexibility index (Phi) is 6.77. The molecule has 1 aromatic carbocycles. The molecule has 3 aromatic rings. The normalized spacial score (nSPS) is 14.8. The van der Waals surface area contributed by atoms with Gasteiger partial charge in [-0.05, 0) is 31.0 Å². The summed E-state index contributed by atoms with van der Waals surface area (Å²) in [6.45, 7) is -0.342. The summed E-state index contributed by atoms with van der Waals surface area (Å²) in [6.07, 6.45) is 3.53. The Hall–Kier alpha value is -2.83. The van der Waals surface area contributed by atoms with Gasteiger partial charge in [0.2, 0.25) is 11.8 Å². The van der Waals surface area contributed by atoms with Gasteiger partial charge in [0.25, 0.3) is 0 Å². The van der Waals surface area contributed by atoms with Crippen LogP contribution in [-0.4, -0.2) is 67.1 Å². The van der Waals surface area contributed by atoms with Crippen molar-refractivity contribution < 1.29 is 22.7 Å². The summed E-state index contributed by atoms with van der Waals surface area (Å²) in [6, 6.07) is 7.58. The molecule has 1 aliphatic carbocycles. The summed E-state index contributed by atoms with van der Waals surface area (Å²) >= 11 is 1.14. The smallest absolute Gasteiger partial charge is 0.245 e. The van der Waals surface area contributed by atoms with Gasteiger partial charge in [-0.25, -0.2) is 13.4 Å². The van der Waals surface area contributed by atoms with Crippen LogP contribution in [0.15, 0.2) is 30.5 Å². The van der Waals surface area contributed by atoms with Crippen molar-refractivity contribution in [3.63, 3.8) is 0 Å². The highest BCUT2D eigenvalue weighted by Crippen LogP contribution is 2.34. The third-order valence-corrected chi connectivity index (χ3v) is 8.40. The summed E-state index contributed by atoms with van der Waals surface area (Å²) in [5.41, 5.74) is 2.39. The first kappa shape index (κ1) is 23.3. The largest absolute Gasteiger partial charge is 0.384 e. The number of sulfone groups is 1. The van der Waals surface area contributed by atoms with E-state index in [1.807, 2.05) is 25.2 Å². The number of methoxy groups -OCH3 is 1. The second kappa shape index (κ2) is 9.57. The summed E-state index contributed by atoms with van der Waals surface area (Å²) in [5.74, 6) is -1.46. The van der Waals surface area contributed by atoms with Gasteiger partial charge in [-0.3, -0.25) is 14.3 Å². The number of nitrogens with zero attached hydrogens (tertiary/aromatic N) is 3. The highest BCUT2D eigenvalue weighted by atomic mass is 32.2. The first-order chi connectivity index (χ1) is 15.8. The summed E-state index contributed by atoms with van der Waals surface area (Å²) in [5, 5.41) is 8.03. The topological polar surface area (TPSA) is 132 Å². The van der Waals surface area contributed by atoms with Crippen molar-refractivity contribution in [1.29, 1.82) is 0 Å². The zero-order valence-corrected chi connectivity index (χ0v) is 19.9. The molecule has 12 heteroatoms. The monoisotopic (exact) mass is 491 g/mol. The van der Waals surface area contributed by atoms with E-state index in [1.54, 1.807) is 16.9 Å². The Bertz CT molecular complexity index is 1280. The molecule has 10 nitrogen and oxygen atoms in total. The van der Waals surface area contributed by atoms with E-state index in [9.17, 15) is 18.0 Å². The van der Waals surface area contributed by atoms with Gasteiger partial charge in [0, 0.05) is 32.0 Å². The number of hydrogen-bond acceptors (Lipinski definition) is 8. The molecule has 1 aliphatic rings. The van der Waals surface area contributed by atoms with Gasteiger partial charge in [-0.15, -0.1) is 11.3 Å². The van der Waals surface area contributed by atoms with Gasteiger partial charge in [0.05, 0.1) is 34.8 Å². The number of benzene rings is 1. The van der Waals surface area contributed by atoms with Gasteiger partial charge >= 0.3 is 0 Å². The second-order valence-corrected chi connectivity index (χ2v) is 11.1. The van der Waals surface area contributed by atoms with Crippen LogP contribution in [0.2, 0.25) is 0 Å². The molecule has 4 rings (SSSR count). The lowest BCUT2D eigenvalue weighted by molar-refractivity contribution is -0.126. The number of ether oxygens (including phenoxy) is 1. The molecular weight excluding hydrogens is 466 g/mol. The number of carbonyl (C=O) groups excluding carboxylic acids is 2. The van der Waals surface area contributed by atoms with Crippen molar-refractivity contribution >= 4 is 43.2 Å². The van der Waals surface area contributed by atoms with Gasteiger partial charge in [-0.2, -0.15) is 5.10 Å². The van der Waals surface area contributed by atoms with Gasteiger partial charge in [-0.1, -0.05) is 6.07 Å². The van der Waals surface area contributed by atoms with E-state index >= 15 is 0 Å². The molecule has 1 unspecified atom stereocenters. The lowest BCUT2D eigenvalue weighted by Crippen LogP contribution is -2.41. The van der Waals surface area contributed by atoms with Crippen LogP contribution in [0.5, 0.6) is 0 Å². The average Bonchev–Trinajstić information content (AvgIpc) is 3.32. The molecule has 0 aliphatic heterocycles. The van der Waals surface area contributed by atoms with Crippen molar-refractivity contribution in [2.45, 2.75) is 24.1 Å². The Morgan fingerprint density at radius 1 is 1.30 bits per heavy atom. The summed E-state index contributed by atoms with van der Waals surface area (Å²) in [7, 11) is -0.712. The maximum atomic E-state index is 13.1.